The Kier molecular flexibility index (Phi) is 4.65. The van der Waals surface area contributed by atoms with E-state index >= 15 is 0 Å². The maximum atomic E-state index is 12.2. The van der Waals surface area contributed by atoms with Gasteiger partial charge in [-0.05, 0) is 18.8 Å². The number of halogens is 1. The molecule has 10 heteroatoms. The van der Waals surface area contributed by atoms with Crippen LogP contribution in [0.4, 0.5) is 0 Å². The van der Waals surface area contributed by atoms with Crippen LogP contribution in [-0.4, -0.2) is 37.4 Å². The molecule has 0 radical (unpaired) electrons. The molecule has 1 aliphatic rings. The Morgan fingerprint density at radius 1 is 1.33 bits per heavy atom. The van der Waals surface area contributed by atoms with Crippen LogP contribution in [0.5, 0.6) is 0 Å². The van der Waals surface area contributed by atoms with E-state index in [2.05, 4.69) is 10.2 Å². The molecule has 0 N–H and O–H groups in total. The van der Waals surface area contributed by atoms with Crippen LogP contribution in [0.25, 0.3) is 0 Å². The number of nitrogens with zero attached hydrogens (tertiary/aromatic N) is 3. The van der Waals surface area contributed by atoms with Crippen LogP contribution in [0.15, 0.2) is 5.16 Å². The highest BCUT2D eigenvalue weighted by molar-refractivity contribution is 8.13. The lowest BCUT2D eigenvalue weighted by Gasteiger charge is -2.22. The van der Waals surface area contributed by atoms with E-state index in [0.29, 0.717) is 19.4 Å². The van der Waals surface area contributed by atoms with Gasteiger partial charge in [0.25, 0.3) is 14.2 Å². The standard InChI is InChI=1S/C11H18ClN3O4S2/c1-8(2)7-15-10(13-14-11(15)21(12,18)19)9-5-3-4-6-20(9,16)17/h8-9H,3-7H2,1-2H3. The van der Waals surface area contributed by atoms with Crippen molar-refractivity contribution in [1.82, 2.24) is 14.8 Å². The highest BCUT2D eigenvalue weighted by atomic mass is 35.7. The van der Waals surface area contributed by atoms with E-state index in [0.717, 1.165) is 6.42 Å². The Balaban J connectivity index is 2.56. The Morgan fingerprint density at radius 2 is 2.00 bits per heavy atom. The van der Waals surface area contributed by atoms with Crippen LogP contribution >= 0.6 is 10.7 Å². The molecule has 0 saturated carbocycles. The molecule has 21 heavy (non-hydrogen) atoms. The van der Waals surface area contributed by atoms with Crippen molar-refractivity contribution in [3.05, 3.63) is 5.82 Å². The summed E-state index contributed by atoms with van der Waals surface area (Å²) in [5.74, 6) is 0.376. The fourth-order valence-corrected chi connectivity index (χ4v) is 5.32. The van der Waals surface area contributed by atoms with Gasteiger partial charge in [-0.3, -0.25) is 4.57 Å². The minimum atomic E-state index is -4.07. The van der Waals surface area contributed by atoms with Gasteiger partial charge in [0.05, 0.1) is 5.75 Å². The molecule has 0 bridgehead atoms. The SMILES string of the molecule is CC(C)Cn1c(C2CCCCS2(=O)=O)nnc1S(=O)(=O)Cl. The number of sulfone groups is 1. The van der Waals surface area contributed by atoms with E-state index in [4.69, 9.17) is 10.7 Å². The number of hydrogen-bond donors (Lipinski definition) is 0. The zero-order chi connectivity index (χ0) is 15.8. The summed E-state index contributed by atoms with van der Waals surface area (Å²) in [6, 6.07) is 0. The first kappa shape index (κ1) is 16.7. The number of rotatable bonds is 4. The van der Waals surface area contributed by atoms with E-state index in [9.17, 15) is 16.8 Å². The van der Waals surface area contributed by atoms with Gasteiger partial charge in [-0.2, -0.15) is 0 Å². The second-order valence-electron chi connectivity index (χ2n) is 5.63. The maximum Gasteiger partial charge on any atom is 0.296 e. The summed E-state index contributed by atoms with van der Waals surface area (Å²) in [5.41, 5.74) is 0. The average molecular weight is 356 g/mol. The third-order valence-electron chi connectivity index (χ3n) is 3.38. The summed E-state index contributed by atoms with van der Waals surface area (Å²) >= 11 is 0. The van der Waals surface area contributed by atoms with E-state index in [1.54, 1.807) is 0 Å². The van der Waals surface area contributed by atoms with E-state index in [1.165, 1.54) is 4.57 Å². The molecule has 1 fully saturated rings. The Labute approximate surface area is 129 Å². The van der Waals surface area contributed by atoms with Crippen LogP contribution < -0.4 is 0 Å². The van der Waals surface area contributed by atoms with Gasteiger partial charge in [0.15, 0.2) is 15.7 Å². The van der Waals surface area contributed by atoms with Crippen molar-refractivity contribution in [2.75, 3.05) is 5.75 Å². The lowest BCUT2D eigenvalue weighted by Crippen LogP contribution is -2.26. The number of hydrogen-bond acceptors (Lipinski definition) is 6. The van der Waals surface area contributed by atoms with Crippen molar-refractivity contribution in [2.24, 2.45) is 5.92 Å². The van der Waals surface area contributed by atoms with Gasteiger partial charge in [-0.25, -0.2) is 16.8 Å². The molecule has 120 valence electrons. The van der Waals surface area contributed by atoms with Crippen molar-refractivity contribution >= 4 is 29.6 Å². The first-order valence-corrected chi connectivity index (χ1v) is 10.7. The Bertz CT molecular complexity index is 725. The summed E-state index contributed by atoms with van der Waals surface area (Å²) in [6.45, 7) is 4.09. The summed E-state index contributed by atoms with van der Waals surface area (Å²) in [4.78, 5) is 0. The van der Waals surface area contributed by atoms with Crippen LogP contribution in [-0.2, 0) is 25.4 Å². The zero-order valence-corrected chi connectivity index (χ0v) is 14.2. The monoisotopic (exact) mass is 355 g/mol. The van der Waals surface area contributed by atoms with Gasteiger partial charge in [0.1, 0.15) is 5.25 Å². The van der Waals surface area contributed by atoms with Crippen molar-refractivity contribution in [2.45, 2.75) is 50.1 Å². The van der Waals surface area contributed by atoms with Gasteiger partial charge in [0.2, 0.25) is 0 Å². The zero-order valence-electron chi connectivity index (χ0n) is 11.9. The first-order chi connectivity index (χ1) is 9.63. The van der Waals surface area contributed by atoms with E-state index in [-0.39, 0.29) is 22.7 Å². The third kappa shape index (κ3) is 3.57. The quantitative estimate of drug-likeness (QED) is 0.759. The molecule has 7 nitrogen and oxygen atoms in total. The van der Waals surface area contributed by atoms with Gasteiger partial charge >= 0.3 is 0 Å². The molecule has 1 aromatic heterocycles. The minimum Gasteiger partial charge on any atom is -0.299 e. The lowest BCUT2D eigenvalue weighted by molar-refractivity contribution is 0.457. The molecule has 0 amide bonds. The van der Waals surface area contributed by atoms with Crippen molar-refractivity contribution in [3.8, 4) is 0 Å². The van der Waals surface area contributed by atoms with Gasteiger partial charge in [-0.1, -0.05) is 20.3 Å². The molecule has 1 atom stereocenters. The molecular weight excluding hydrogens is 338 g/mol. The normalized spacial score (nSPS) is 22.6. The second-order valence-corrected chi connectivity index (χ2v) is 10.4. The molecule has 0 aromatic carbocycles. The highest BCUT2D eigenvalue weighted by Gasteiger charge is 2.36. The molecule has 1 aromatic rings. The smallest absolute Gasteiger partial charge is 0.296 e. The van der Waals surface area contributed by atoms with Crippen molar-refractivity contribution in [1.29, 1.82) is 0 Å². The largest absolute Gasteiger partial charge is 0.299 e. The van der Waals surface area contributed by atoms with E-state index in [1.807, 2.05) is 13.8 Å². The topological polar surface area (TPSA) is 99.0 Å². The van der Waals surface area contributed by atoms with Crippen LogP contribution in [0.3, 0.4) is 0 Å². The average Bonchev–Trinajstić information content (AvgIpc) is 2.70. The molecule has 0 aliphatic carbocycles. The third-order valence-corrected chi connectivity index (χ3v) is 6.70. The predicted molar refractivity (Wildman–Crippen MR) is 78.3 cm³/mol. The molecule has 2 rings (SSSR count). The minimum absolute atomic E-state index is 0.0924. The van der Waals surface area contributed by atoms with Gasteiger partial charge in [-0.15, -0.1) is 10.2 Å². The molecule has 1 unspecified atom stereocenters. The summed E-state index contributed by atoms with van der Waals surface area (Å²) in [7, 11) is -2.03. The summed E-state index contributed by atoms with van der Waals surface area (Å²) in [5, 5.41) is 6.25. The van der Waals surface area contributed by atoms with E-state index < -0.39 is 24.1 Å². The Hall–Kier alpha value is -0.670. The van der Waals surface area contributed by atoms with Crippen molar-refractivity contribution < 1.29 is 16.8 Å². The van der Waals surface area contributed by atoms with Crippen LogP contribution in [0.2, 0.25) is 0 Å². The molecular formula is C11H18ClN3O4S2. The predicted octanol–water partition coefficient (Wildman–Crippen LogP) is 1.50. The molecule has 1 saturated heterocycles. The van der Waals surface area contributed by atoms with Crippen LogP contribution in [0, 0.1) is 5.92 Å². The molecule has 0 spiro atoms. The second kappa shape index (κ2) is 5.85. The highest BCUT2D eigenvalue weighted by Crippen LogP contribution is 2.33. The molecule has 2 heterocycles. The van der Waals surface area contributed by atoms with Gasteiger partial charge in [0, 0.05) is 17.2 Å². The lowest BCUT2D eigenvalue weighted by atomic mass is 10.1. The maximum absolute atomic E-state index is 12.2. The van der Waals surface area contributed by atoms with Crippen molar-refractivity contribution in [3.63, 3.8) is 0 Å². The summed E-state index contributed by atoms with van der Waals surface area (Å²) < 4.78 is 48.9. The first-order valence-electron chi connectivity index (χ1n) is 6.72. The summed E-state index contributed by atoms with van der Waals surface area (Å²) in [6.07, 6.45) is 1.82. The Morgan fingerprint density at radius 3 is 2.52 bits per heavy atom. The fourth-order valence-electron chi connectivity index (χ4n) is 2.50. The van der Waals surface area contributed by atoms with Gasteiger partial charge < -0.3 is 0 Å². The molecule has 1 aliphatic heterocycles. The van der Waals surface area contributed by atoms with Crippen LogP contribution in [0.1, 0.15) is 44.2 Å². The number of aromatic nitrogens is 3. The fraction of sp³-hybridized carbons (Fsp3) is 0.818.